The lowest BCUT2D eigenvalue weighted by Crippen LogP contribution is -1.98. The van der Waals surface area contributed by atoms with Gasteiger partial charge in [-0.2, -0.15) is 0 Å². The van der Waals surface area contributed by atoms with Gasteiger partial charge in [0.05, 0.1) is 11.4 Å². The SMILES string of the molecule is c1ccc(-c2nc(-c3cccnc3)c(-c3ccccc3)c3c2-c2cccc4cccc-3c24)cc1. The maximum Gasteiger partial charge on any atom is 0.0810 e. The van der Waals surface area contributed by atoms with Crippen LogP contribution in [0.15, 0.2) is 122 Å². The van der Waals surface area contributed by atoms with Crippen LogP contribution in [0.25, 0.3) is 66.7 Å². The van der Waals surface area contributed by atoms with Crippen molar-refractivity contribution in [2.45, 2.75) is 0 Å². The van der Waals surface area contributed by atoms with Gasteiger partial charge in [0.2, 0.25) is 0 Å². The molecule has 2 aromatic heterocycles. The average molecular weight is 433 g/mol. The molecule has 0 radical (unpaired) electrons. The summed E-state index contributed by atoms with van der Waals surface area (Å²) in [5.74, 6) is 0. The summed E-state index contributed by atoms with van der Waals surface area (Å²) < 4.78 is 0. The highest BCUT2D eigenvalue weighted by Gasteiger charge is 2.31. The molecule has 158 valence electrons. The highest BCUT2D eigenvalue weighted by molar-refractivity contribution is 6.21. The van der Waals surface area contributed by atoms with E-state index in [1.165, 1.54) is 33.0 Å². The summed E-state index contributed by atoms with van der Waals surface area (Å²) in [4.78, 5) is 9.82. The van der Waals surface area contributed by atoms with E-state index >= 15 is 0 Å². The van der Waals surface area contributed by atoms with Crippen molar-refractivity contribution in [1.29, 1.82) is 0 Å². The Bertz CT molecular complexity index is 1670. The maximum atomic E-state index is 5.39. The second kappa shape index (κ2) is 7.50. The number of nitrogens with zero attached hydrogens (tertiary/aromatic N) is 2. The zero-order valence-electron chi connectivity index (χ0n) is 18.4. The fraction of sp³-hybridized carbons (Fsp3) is 0. The molecule has 2 heteroatoms. The average Bonchev–Trinajstić information content (AvgIpc) is 3.26. The van der Waals surface area contributed by atoms with Gasteiger partial charge in [0.1, 0.15) is 0 Å². The van der Waals surface area contributed by atoms with Crippen LogP contribution in [-0.2, 0) is 0 Å². The normalized spacial score (nSPS) is 11.5. The summed E-state index contributed by atoms with van der Waals surface area (Å²) in [6.07, 6.45) is 3.73. The van der Waals surface area contributed by atoms with Gasteiger partial charge in [0, 0.05) is 40.2 Å². The third-order valence-electron chi connectivity index (χ3n) is 6.69. The van der Waals surface area contributed by atoms with Crippen molar-refractivity contribution in [2.75, 3.05) is 0 Å². The second-order valence-electron chi connectivity index (χ2n) is 8.62. The third kappa shape index (κ3) is 2.76. The van der Waals surface area contributed by atoms with Gasteiger partial charge in [-0.25, -0.2) is 4.98 Å². The molecule has 0 amide bonds. The van der Waals surface area contributed by atoms with Gasteiger partial charge in [-0.3, -0.25) is 4.98 Å². The first-order valence-corrected chi connectivity index (χ1v) is 11.5. The Morgan fingerprint density at radius 3 is 1.74 bits per heavy atom. The molecule has 0 bridgehead atoms. The van der Waals surface area contributed by atoms with Crippen LogP contribution in [0.5, 0.6) is 0 Å². The molecule has 1 aliphatic rings. The van der Waals surface area contributed by atoms with Crippen LogP contribution in [0.3, 0.4) is 0 Å². The molecule has 7 rings (SSSR count). The van der Waals surface area contributed by atoms with Gasteiger partial charge in [-0.1, -0.05) is 97.1 Å². The molecule has 34 heavy (non-hydrogen) atoms. The molecule has 4 aromatic carbocycles. The van der Waals surface area contributed by atoms with Gasteiger partial charge in [-0.05, 0) is 39.6 Å². The Morgan fingerprint density at radius 1 is 0.441 bits per heavy atom. The van der Waals surface area contributed by atoms with E-state index in [1.54, 1.807) is 0 Å². The van der Waals surface area contributed by atoms with Crippen LogP contribution >= 0.6 is 0 Å². The van der Waals surface area contributed by atoms with Crippen LogP contribution in [0.4, 0.5) is 0 Å². The van der Waals surface area contributed by atoms with E-state index < -0.39 is 0 Å². The first-order valence-electron chi connectivity index (χ1n) is 11.5. The molecule has 0 atom stereocenters. The summed E-state index contributed by atoms with van der Waals surface area (Å²) in [5.41, 5.74) is 11.4. The predicted octanol–water partition coefficient (Wildman–Crippen LogP) is 8.28. The van der Waals surface area contributed by atoms with Crippen LogP contribution in [0, 0.1) is 0 Å². The monoisotopic (exact) mass is 432 g/mol. The van der Waals surface area contributed by atoms with E-state index in [-0.39, 0.29) is 0 Å². The molecule has 2 nitrogen and oxygen atoms in total. The van der Waals surface area contributed by atoms with Crippen LogP contribution < -0.4 is 0 Å². The fourth-order valence-corrected chi connectivity index (χ4v) is 5.28. The summed E-state index contributed by atoms with van der Waals surface area (Å²) >= 11 is 0. The Hall–Kier alpha value is -4.56. The molecule has 0 aliphatic heterocycles. The van der Waals surface area contributed by atoms with E-state index in [0.29, 0.717) is 0 Å². The van der Waals surface area contributed by atoms with Gasteiger partial charge in [0.15, 0.2) is 0 Å². The minimum absolute atomic E-state index is 0.960. The van der Waals surface area contributed by atoms with Gasteiger partial charge >= 0.3 is 0 Å². The number of hydrogen-bond donors (Lipinski definition) is 0. The zero-order chi connectivity index (χ0) is 22.5. The Labute approximate surface area is 198 Å². The quantitative estimate of drug-likeness (QED) is 0.281. The third-order valence-corrected chi connectivity index (χ3v) is 6.69. The molecule has 1 aliphatic carbocycles. The first-order chi connectivity index (χ1) is 16.9. The van der Waals surface area contributed by atoms with E-state index in [0.717, 1.165) is 33.6 Å². The van der Waals surface area contributed by atoms with Crippen LogP contribution in [0.1, 0.15) is 0 Å². The lowest BCUT2D eigenvalue weighted by atomic mass is 9.88. The molecule has 0 spiro atoms. The minimum Gasteiger partial charge on any atom is -0.264 e. The Balaban J connectivity index is 1.71. The van der Waals surface area contributed by atoms with Crippen molar-refractivity contribution < 1.29 is 0 Å². The van der Waals surface area contributed by atoms with E-state index in [9.17, 15) is 0 Å². The Morgan fingerprint density at radius 2 is 1.06 bits per heavy atom. The highest BCUT2D eigenvalue weighted by Crippen LogP contribution is 2.55. The van der Waals surface area contributed by atoms with Gasteiger partial charge in [0.25, 0.3) is 0 Å². The van der Waals surface area contributed by atoms with Crippen molar-refractivity contribution in [3.63, 3.8) is 0 Å². The van der Waals surface area contributed by atoms with E-state index in [2.05, 4.69) is 108 Å². The lowest BCUT2D eigenvalue weighted by Gasteiger charge is -2.19. The van der Waals surface area contributed by atoms with Crippen molar-refractivity contribution in [2.24, 2.45) is 0 Å². The topological polar surface area (TPSA) is 25.8 Å². The molecular formula is C32H20N2. The summed E-state index contributed by atoms with van der Waals surface area (Å²) in [5, 5.41) is 2.56. The number of rotatable bonds is 3. The number of pyridine rings is 2. The highest BCUT2D eigenvalue weighted by atomic mass is 14.7. The minimum atomic E-state index is 0.960. The molecule has 2 heterocycles. The molecule has 0 saturated heterocycles. The molecule has 0 N–H and O–H groups in total. The predicted molar refractivity (Wildman–Crippen MR) is 140 cm³/mol. The number of hydrogen-bond acceptors (Lipinski definition) is 2. The maximum absolute atomic E-state index is 5.39. The molecule has 0 unspecified atom stereocenters. The van der Waals surface area contributed by atoms with Crippen molar-refractivity contribution >= 4 is 10.8 Å². The zero-order valence-corrected chi connectivity index (χ0v) is 18.4. The fourth-order valence-electron chi connectivity index (χ4n) is 5.28. The number of fused-ring (bicyclic) bond motifs is 3. The van der Waals surface area contributed by atoms with Gasteiger partial charge < -0.3 is 0 Å². The summed E-state index contributed by atoms with van der Waals surface area (Å²) in [6, 6.07) is 38.5. The second-order valence-corrected chi connectivity index (χ2v) is 8.62. The first kappa shape index (κ1) is 19.0. The lowest BCUT2D eigenvalue weighted by molar-refractivity contribution is 1.28. The van der Waals surface area contributed by atoms with Crippen LogP contribution in [-0.4, -0.2) is 9.97 Å². The smallest absolute Gasteiger partial charge is 0.0810 e. The van der Waals surface area contributed by atoms with E-state index in [4.69, 9.17) is 4.98 Å². The summed E-state index contributed by atoms with van der Waals surface area (Å²) in [6.45, 7) is 0. The standard InChI is InChI=1S/C32H20N2/c1-3-10-22(11-4-1)28-29-25-17-7-14-21-15-8-18-26(27(21)25)30(29)31(23-12-5-2-6-13-23)34-32(28)24-16-9-19-33-20-24/h1-20H. The largest absolute Gasteiger partial charge is 0.264 e. The molecule has 0 saturated carbocycles. The van der Waals surface area contributed by atoms with E-state index in [1.807, 2.05) is 18.5 Å². The number of aromatic nitrogens is 2. The number of benzene rings is 4. The van der Waals surface area contributed by atoms with Crippen molar-refractivity contribution in [3.05, 3.63) is 122 Å². The molecule has 0 fully saturated rings. The molecule has 6 aromatic rings. The van der Waals surface area contributed by atoms with Crippen LogP contribution in [0.2, 0.25) is 0 Å². The van der Waals surface area contributed by atoms with Crippen molar-refractivity contribution in [3.8, 4) is 55.9 Å². The summed E-state index contributed by atoms with van der Waals surface area (Å²) in [7, 11) is 0. The van der Waals surface area contributed by atoms with Gasteiger partial charge in [-0.15, -0.1) is 0 Å². The molecular weight excluding hydrogens is 412 g/mol. The Kier molecular flexibility index (Phi) is 4.18. The van der Waals surface area contributed by atoms with Crippen molar-refractivity contribution in [1.82, 2.24) is 9.97 Å².